The van der Waals surface area contributed by atoms with E-state index in [1.165, 1.54) is 212 Å². The third-order valence-electron chi connectivity index (χ3n) is 11.3. The molecule has 4 heteroatoms. The van der Waals surface area contributed by atoms with E-state index in [4.69, 9.17) is 0 Å². The molecular formula is C51H97NO3. The van der Waals surface area contributed by atoms with Gasteiger partial charge in [-0.3, -0.25) is 4.79 Å². The van der Waals surface area contributed by atoms with Crippen LogP contribution in [0.5, 0.6) is 0 Å². The van der Waals surface area contributed by atoms with Crippen molar-refractivity contribution in [2.45, 2.75) is 276 Å². The number of nitrogens with one attached hydrogen (secondary N) is 1. The van der Waals surface area contributed by atoms with Gasteiger partial charge in [0.1, 0.15) is 0 Å². The molecule has 4 nitrogen and oxygen atoms in total. The maximum Gasteiger partial charge on any atom is 0.220 e. The Morgan fingerprint density at radius 2 is 0.709 bits per heavy atom. The lowest BCUT2D eigenvalue weighted by molar-refractivity contribution is -0.123. The number of hydrogen-bond acceptors (Lipinski definition) is 3. The molecular weight excluding hydrogens is 675 g/mol. The second kappa shape index (κ2) is 47.0. The molecule has 0 spiro atoms. The average Bonchev–Trinajstić information content (AvgIpc) is 3.19. The molecule has 0 saturated carbocycles. The number of amides is 1. The van der Waals surface area contributed by atoms with Crippen LogP contribution in [0.3, 0.4) is 0 Å². The van der Waals surface area contributed by atoms with Crippen molar-refractivity contribution in [1.82, 2.24) is 5.32 Å². The molecule has 0 aliphatic carbocycles. The first-order chi connectivity index (χ1) is 27.2. The summed E-state index contributed by atoms with van der Waals surface area (Å²) in [6.07, 6.45) is 62.8. The molecule has 0 aromatic carbocycles. The van der Waals surface area contributed by atoms with Crippen molar-refractivity contribution in [3.05, 3.63) is 36.5 Å². The summed E-state index contributed by atoms with van der Waals surface area (Å²) >= 11 is 0. The maximum atomic E-state index is 12.4. The number of carbonyl (C=O) groups is 1. The number of unbranched alkanes of at least 4 members (excludes halogenated alkanes) is 34. The summed E-state index contributed by atoms with van der Waals surface area (Å²) in [4.78, 5) is 12.4. The molecule has 2 atom stereocenters. The van der Waals surface area contributed by atoms with Gasteiger partial charge in [-0.25, -0.2) is 0 Å². The molecule has 55 heavy (non-hydrogen) atoms. The first kappa shape index (κ1) is 53.6. The summed E-state index contributed by atoms with van der Waals surface area (Å²) in [5.41, 5.74) is 0. The van der Waals surface area contributed by atoms with Crippen LogP contribution >= 0.6 is 0 Å². The van der Waals surface area contributed by atoms with E-state index in [0.717, 1.165) is 32.1 Å². The Morgan fingerprint density at radius 1 is 0.418 bits per heavy atom. The van der Waals surface area contributed by atoms with Gasteiger partial charge in [-0.1, -0.05) is 237 Å². The van der Waals surface area contributed by atoms with Crippen LogP contribution in [-0.2, 0) is 4.79 Å². The third-order valence-corrected chi connectivity index (χ3v) is 11.3. The van der Waals surface area contributed by atoms with E-state index in [1.807, 2.05) is 6.08 Å². The fourth-order valence-electron chi connectivity index (χ4n) is 7.54. The van der Waals surface area contributed by atoms with Gasteiger partial charge in [0.2, 0.25) is 5.91 Å². The molecule has 0 aliphatic rings. The predicted octanol–water partition coefficient (Wildman–Crippen LogP) is 15.7. The van der Waals surface area contributed by atoms with Crippen LogP contribution in [0.4, 0.5) is 0 Å². The molecule has 3 N–H and O–H groups in total. The van der Waals surface area contributed by atoms with Crippen LogP contribution in [0.2, 0.25) is 0 Å². The summed E-state index contributed by atoms with van der Waals surface area (Å²) in [7, 11) is 0. The van der Waals surface area contributed by atoms with Crippen LogP contribution in [0.15, 0.2) is 36.5 Å². The van der Waals surface area contributed by atoms with E-state index in [-0.39, 0.29) is 12.5 Å². The Morgan fingerprint density at radius 3 is 1.05 bits per heavy atom. The Bertz CT molecular complexity index is 836. The van der Waals surface area contributed by atoms with E-state index >= 15 is 0 Å². The number of aliphatic hydroxyl groups is 2. The highest BCUT2D eigenvalue weighted by molar-refractivity contribution is 5.76. The van der Waals surface area contributed by atoms with E-state index in [9.17, 15) is 15.0 Å². The molecule has 324 valence electrons. The summed E-state index contributed by atoms with van der Waals surface area (Å²) in [6.45, 7) is 4.31. The molecule has 0 saturated heterocycles. The molecule has 0 bridgehead atoms. The quantitative estimate of drug-likeness (QED) is 0.0426. The molecule has 0 rings (SSSR count). The first-order valence-corrected chi connectivity index (χ1v) is 24.7. The minimum atomic E-state index is -0.863. The lowest BCUT2D eigenvalue weighted by atomic mass is 10.0. The van der Waals surface area contributed by atoms with Crippen molar-refractivity contribution in [3.63, 3.8) is 0 Å². The fourth-order valence-corrected chi connectivity index (χ4v) is 7.54. The smallest absolute Gasteiger partial charge is 0.220 e. The van der Waals surface area contributed by atoms with Gasteiger partial charge in [0, 0.05) is 6.42 Å². The minimum Gasteiger partial charge on any atom is -0.394 e. The highest BCUT2D eigenvalue weighted by Crippen LogP contribution is 2.16. The zero-order valence-electron chi connectivity index (χ0n) is 37.2. The Balaban J connectivity index is 3.55. The zero-order chi connectivity index (χ0) is 40.0. The van der Waals surface area contributed by atoms with E-state index in [0.29, 0.717) is 6.42 Å². The SMILES string of the molecule is CCCCCCCC/C=C\CCCCCCCCCC(=O)NC(CO)C(O)/C=C/CC/C=C/CCCCCCCCCCCCCCCCCCCCCC. The second-order valence-electron chi connectivity index (χ2n) is 16.9. The summed E-state index contributed by atoms with van der Waals surface area (Å²) in [6, 6.07) is -0.640. The summed E-state index contributed by atoms with van der Waals surface area (Å²) < 4.78 is 0. The van der Waals surface area contributed by atoms with Crippen molar-refractivity contribution in [1.29, 1.82) is 0 Å². The van der Waals surface area contributed by atoms with Crippen molar-refractivity contribution in [2.24, 2.45) is 0 Å². The van der Waals surface area contributed by atoms with E-state index in [1.54, 1.807) is 6.08 Å². The van der Waals surface area contributed by atoms with Gasteiger partial charge in [-0.15, -0.1) is 0 Å². The molecule has 0 aliphatic heterocycles. The van der Waals surface area contributed by atoms with Crippen LogP contribution in [0.25, 0.3) is 0 Å². The normalized spacial score (nSPS) is 13.2. The van der Waals surface area contributed by atoms with Gasteiger partial charge in [0.25, 0.3) is 0 Å². The van der Waals surface area contributed by atoms with E-state index < -0.39 is 12.1 Å². The fraction of sp³-hybridized carbons (Fsp3) is 0.863. The summed E-state index contributed by atoms with van der Waals surface area (Å²) in [5, 5.41) is 23.1. The summed E-state index contributed by atoms with van der Waals surface area (Å²) in [5.74, 6) is -0.0767. The van der Waals surface area contributed by atoms with Crippen LogP contribution in [0, 0.1) is 0 Å². The standard InChI is InChI=1S/C51H97NO3/c1-3-5-7-9-11-13-15-17-19-21-22-23-24-25-26-27-28-29-31-32-34-36-38-40-42-44-46-50(54)49(48-53)52-51(55)47-45-43-41-39-37-35-33-30-20-18-16-14-12-10-8-6-4-2/h18,20,36,38,44,46,49-50,53-54H,3-17,19,21-35,37,39-43,45,47-48H2,1-2H3,(H,52,55)/b20-18-,38-36+,46-44+. The van der Waals surface area contributed by atoms with Crippen LogP contribution in [0.1, 0.15) is 264 Å². The number of hydrogen-bond donors (Lipinski definition) is 3. The third kappa shape index (κ3) is 43.6. The average molecular weight is 772 g/mol. The Labute approximate surface area is 344 Å². The van der Waals surface area contributed by atoms with Gasteiger partial charge in [-0.2, -0.15) is 0 Å². The highest BCUT2D eigenvalue weighted by Gasteiger charge is 2.17. The Kier molecular flexibility index (Phi) is 45.8. The van der Waals surface area contributed by atoms with Crippen molar-refractivity contribution in [2.75, 3.05) is 6.61 Å². The first-order valence-electron chi connectivity index (χ1n) is 24.7. The molecule has 0 radical (unpaired) electrons. The monoisotopic (exact) mass is 772 g/mol. The minimum absolute atomic E-state index is 0.0767. The zero-order valence-corrected chi connectivity index (χ0v) is 37.2. The van der Waals surface area contributed by atoms with Crippen molar-refractivity contribution < 1.29 is 15.0 Å². The number of carbonyl (C=O) groups excluding carboxylic acids is 1. The van der Waals surface area contributed by atoms with Gasteiger partial charge in [-0.05, 0) is 57.8 Å². The maximum absolute atomic E-state index is 12.4. The molecule has 1 amide bonds. The van der Waals surface area contributed by atoms with Gasteiger partial charge < -0.3 is 15.5 Å². The van der Waals surface area contributed by atoms with Crippen LogP contribution in [-0.4, -0.2) is 34.9 Å². The molecule has 0 fully saturated rings. The number of rotatable bonds is 45. The van der Waals surface area contributed by atoms with Crippen molar-refractivity contribution >= 4 is 5.91 Å². The van der Waals surface area contributed by atoms with Gasteiger partial charge in [0.15, 0.2) is 0 Å². The molecule has 0 heterocycles. The second-order valence-corrected chi connectivity index (χ2v) is 16.9. The number of allylic oxidation sites excluding steroid dienone is 5. The van der Waals surface area contributed by atoms with Gasteiger partial charge in [0.05, 0.1) is 18.8 Å². The lowest BCUT2D eigenvalue weighted by Gasteiger charge is -2.19. The highest BCUT2D eigenvalue weighted by atomic mass is 16.3. The molecule has 0 aromatic rings. The predicted molar refractivity (Wildman–Crippen MR) is 244 cm³/mol. The van der Waals surface area contributed by atoms with Crippen LogP contribution < -0.4 is 5.32 Å². The topological polar surface area (TPSA) is 69.6 Å². The molecule has 0 aromatic heterocycles. The number of aliphatic hydroxyl groups excluding tert-OH is 2. The lowest BCUT2D eigenvalue weighted by Crippen LogP contribution is -2.45. The van der Waals surface area contributed by atoms with Crippen molar-refractivity contribution in [3.8, 4) is 0 Å². The van der Waals surface area contributed by atoms with Gasteiger partial charge >= 0.3 is 0 Å². The Hall–Kier alpha value is -1.39. The molecule has 2 unspecified atom stereocenters. The van der Waals surface area contributed by atoms with E-state index in [2.05, 4.69) is 43.5 Å². The largest absolute Gasteiger partial charge is 0.394 e.